The molecule has 172 valence electrons. The maximum absolute atomic E-state index is 13.7. The predicted octanol–water partition coefficient (Wildman–Crippen LogP) is 3.97. The fourth-order valence-electron chi connectivity index (χ4n) is 3.51. The van der Waals surface area contributed by atoms with Gasteiger partial charge in [-0.1, -0.05) is 22.8 Å². The molecule has 1 amide bonds. The van der Waals surface area contributed by atoms with E-state index in [1.54, 1.807) is 33.8 Å². The number of amides is 1. The number of methoxy groups -OCH3 is 1. The largest absolute Gasteiger partial charge is 0.507 e. The number of aryl methyl sites for hydroxylation is 3. The molecule has 1 aromatic carbocycles. The Balaban J connectivity index is 2.30. The molecule has 0 fully saturated rings. The van der Waals surface area contributed by atoms with Gasteiger partial charge in [0.2, 0.25) is 10.0 Å². The molecule has 0 saturated heterocycles. The highest BCUT2D eigenvalue weighted by molar-refractivity contribution is 7.89. The zero-order valence-corrected chi connectivity index (χ0v) is 20.4. The van der Waals surface area contributed by atoms with Crippen LogP contribution in [0.1, 0.15) is 43.8 Å². The van der Waals surface area contributed by atoms with Crippen molar-refractivity contribution in [3.8, 4) is 5.75 Å². The summed E-state index contributed by atoms with van der Waals surface area (Å²) in [5.41, 5.74) is 2.68. The van der Waals surface area contributed by atoms with E-state index in [0.29, 0.717) is 22.4 Å². The van der Waals surface area contributed by atoms with E-state index < -0.39 is 22.2 Å². The van der Waals surface area contributed by atoms with Crippen LogP contribution in [-0.4, -0.2) is 31.7 Å². The lowest BCUT2D eigenvalue weighted by Crippen LogP contribution is -2.37. The normalized spacial score (nSPS) is 12.7. The number of nitrogens with two attached hydrogens (primary N) is 1. The van der Waals surface area contributed by atoms with Crippen LogP contribution in [0.4, 0.5) is 5.88 Å². The summed E-state index contributed by atoms with van der Waals surface area (Å²) in [6.07, 6.45) is -1.13. The third-order valence-corrected chi connectivity index (χ3v) is 7.46. The van der Waals surface area contributed by atoms with Gasteiger partial charge < -0.3 is 14.4 Å². The molecule has 0 spiro atoms. The van der Waals surface area contributed by atoms with Gasteiger partial charge in [0, 0.05) is 12.7 Å². The van der Waals surface area contributed by atoms with Gasteiger partial charge in [0.25, 0.3) is 11.8 Å². The van der Waals surface area contributed by atoms with Gasteiger partial charge in [-0.25, -0.2) is 18.5 Å². The van der Waals surface area contributed by atoms with Crippen molar-refractivity contribution in [2.45, 2.75) is 38.8 Å². The molecule has 3 rings (SSSR count). The van der Waals surface area contributed by atoms with Crippen molar-refractivity contribution in [2.75, 3.05) is 12.0 Å². The number of rotatable bonds is 6. The number of halogens is 1. The van der Waals surface area contributed by atoms with Gasteiger partial charge >= 0.3 is 0 Å². The van der Waals surface area contributed by atoms with Gasteiger partial charge in [0.05, 0.1) is 0 Å². The Hall–Kier alpha value is -2.44. The van der Waals surface area contributed by atoms with Gasteiger partial charge in [-0.2, -0.15) is 0 Å². The molecule has 2 aromatic heterocycles. The lowest BCUT2D eigenvalue weighted by Gasteiger charge is -2.31. The second kappa shape index (κ2) is 8.83. The summed E-state index contributed by atoms with van der Waals surface area (Å²) in [6.45, 7) is 6.84. The van der Waals surface area contributed by atoms with Gasteiger partial charge in [0.1, 0.15) is 26.2 Å². The molecule has 0 aliphatic carbocycles. The van der Waals surface area contributed by atoms with Gasteiger partial charge in [0.15, 0.2) is 6.23 Å². The van der Waals surface area contributed by atoms with Gasteiger partial charge in [-0.3, -0.25) is 4.79 Å². The van der Waals surface area contributed by atoms with E-state index in [1.807, 2.05) is 0 Å². The van der Waals surface area contributed by atoms with Crippen molar-refractivity contribution in [1.82, 2.24) is 5.16 Å². The summed E-state index contributed by atoms with van der Waals surface area (Å²) in [6, 6.07) is 3.00. The van der Waals surface area contributed by atoms with Crippen molar-refractivity contribution >= 4 is 44.8 Å². The Bertz CT molecular complexity index is 1300. The second-order valence-electron chi connectivity index (χ2n) is 7.21. The van der Waals surface area contributed by atoms with Gasteiger partial charge in [-0.05, 0) is 55.8 Å². The van der Waals surface area contributed by atoms with Crippen LogP contribution in [0.3, 0.4) is 0 Å². The number of ether oxygens (including phenoxy) is 1. The molecule has 0 aliphatic rings. The minimum Gasteiger partial charge on any atom is -0.507 e. The standard InChI is InChI=1S/C20H22ClN3O6S2/c1-9-8-10(2)16(25)11(3)14(9)19(29-5)24(20-15(21)12(4)23-30-20)18(26)17-13(6-7-31-17)32(22,27)28/h6-8,19,25H,1-5H3,(H2,22,27,28). The van der Waals surface area contributed by atoms with Gasteiger partial charge in [-0.15, -0.1) is 11.3 Å². The predicted molar refractivity (Wildman–Crippen MR) is 121 cm³/mol. The maximum Gasteiger partial charge on any atom is 0.274 e. The van der Waals surface area contributed by atoms with Crippen LogP contribution in [0.5, 0.6) is 5.75 Å². The molecule has 2 heterocycles. The first kappa shape index (κ1) is 24.2. The third kappa shape index (κ3) is 4.14. The number of carbonyl (C=O) groups is 1. The molecule has 32 heavy (non-hydrogen) atoms. The molecule has 9 nitrogen and oxygen atoms in total. The molecule has 12 heteroatoms. The summed E-state index contributed by atoms with van der Waals surface area (Å²) in [7, 11) is -2.81. The number of nitrogens with zero attached hydrogens (tertiary/aromatic N) is 2. The van der Waals surface area contributed by atoms with E-state index in [9.17, 15) is 18.3 Å². The van der Waals surface area contributed by atoms with E-state index in [1.165, 1.54) is 18.6 Å². The summed E-state index contributed by atoms with van der Waals surface area (Å²) in [5, 5.41) is 21.1. The molecule has 0 radical (unpaired) electrons. The molecule has 1 unspecified atom stereocenters. The maximum atomic E-state index is 13.7. The fourth-order valence-corrected chi connectivity index (χ4v) is 5.58. The number of thiophene rings is 1. The van der Waals surface area contributed by atoms with E-state index >= 15 is 0 Å². The number of phenols is 1. The number of aromatic hydroxyl groups is 1. The molecule has 0 bridgehead atoms. The summed E-state index contributed by atoms with van der Waals surface area (Å²) < 4.78 is 35.1. The number of primary sulfonamides is 1. The Kier molecular flexibility index (Phi) is 6.68. The quantitative estimate of drug-likeness (QED) is 0.489. The Morgan fingerprint density at radius 1 is 1.31 bits per heavy atom. The van der Waals surface area contributed by atoms with E-state index in [0.717, 1.165) is 21.8 Å². The molecule has 0 aliphatic heterocycles. The van der Waals surface area contributed by atoms with Crippen LogP contribution in [0.15, 0.2) is 26.9 Å². The summed E-state index contributed by atoms with van der Waals surface area (Å²) in [4.78, 5) is 14.3. The topological polar surface area (TPSA) is 136 Å². The number of phenolic OH excluding ortho intramolecular Hbond substituents is 1. The third-order valence-electron chi connectivity index (χ3n) is 5.04. The van der Waals surface area contributed by atoms with Crippen molar-refractivity contribution in [1.29, 1.82) is 0 Å². The minimum atomic E-state index is -4.18. The summed E-state index contributed by atoms with van der Waals surface area (Å²) >= 11 is 7.27. The van der Waals surface area contributed by atoms with Crippen LogP contribution in [-0.2, 0) is 14.8 Å². The van der Waals surface area contributed by atoms with Crippen molar-refractivity contribution in [3.63, 3.8) is 0 Å². The molecule has 3 aromatic rings. The summed E-state index contributed by atoms with van der Waals surface area (Å²) in [5.74, 6) is -0.859. The van der Waals surface area contributed by atoms with Crippen LogP contribution in [0.2, 0.25) is 5.02 Å². The minimum absolute atomic E-state index is 0.0428. The smallest absolute Gasteiger partial charge is 0.274 e. The Morgan fingerprint density at radius 3 is 2.50 bits per heavy atom. The lowest BCUT2D eigenvalue weighted by molar-refractivity contribution is 0.0711. The molecular formula is C20H22ClN3O6S2. The average molecular weight is 500 g/mol. The van der Waals surface area contributed by atoms with E-state index in [-0.39, 0.29) is 26.4 Å². The van der Waals surface area contributed by atoms with E-state index in [4.69, 9.17) is 26.0 Å². The molecule has 0 saturated carbocycles. The van der Waals surface area contributed by atoms with Crippen molar-refractivity contribution in [2.24, 2.45) is 5.14 Å². The lowest BCUT2D eigenvalue weighted by atomic mass is 9.96. The highest BCUT2D eigenvalue weighted by Crippen LogP contribution is 2.41. The number of sulfonamides is 1. The zero-order chi connectivity index (χ0) is 24.0. The number of anilines is 1. The molecule has 1 atom stereocenters. The first-order valence-corrected chi connectivity index (χ1v) is 12.1. The SMILES string of the molecule is COC(c1c(C)cc(C)c(O)c1C)N(C(=O)c1sccc1S(N)(=O)=O)c1onc(C)c1Cl. The molecular weight excluding hydrogens is 478 g/mol. The average Bonchev–Trinajstić information content (AvgIpc) is 3.33. The Morgan fingerprint density at radius 2 is 1.97 bits per heavy atom. The van der Waals surface area contributed by atoms with Crippen LogP contribution in [0, 0.1) is 27.7 Å². The fraction of sp³-hybridized carbons (Fsp3) is 0.300. The highest BCUT2D eigenvalue weighted by atomic mass is 35.5. The first-order chi connectivity index (χ1) is 14.9. The van der Waals surface area contributed by atoms with E-state index in [2.05, 4.69) is 5.16 Å². The number of benzene rings is 1. The monoisotopic (exact) mass is 499 g/mol. The zero-order valence-electron chi connectivity index (χ0n) is 18.0. The van der Waals surface area contributed by atoms with Crippen LogP contribution >= 0.6 is 22.9 Å². The van der Waals surface area contributed by atoms with Crippen LogP contribution < -0.4 is 10.0 Å². The number of carbonyl (C=O) groups excluding carboxylic acids is 1. The molecule has 3 N–H and O–H groups in total. The number of aromatic nitrogens is 1. The first-order valence-electron chi connectivity index (χ1n) is 9.28. The second-order valence-corrected chi connectivity index (χ2v) is 10.0. The number of hydrogen-bond acceptors (Lipinski definition) is 8. The van der Waals surface area contributed by atoms with Crippen LogP contribution in [0.25, 0.3) is 0 Å². The number of hydrogen-bond donors (Lipinski definition) is 2. The highest BCUT2D eigenvalue weighted by Gasteiger charge is 2.38. The van der Waals surface area contributed by atoms with Crippen molar-refractivity contribution < 1.29 is 27.6 Å². The van der Waals surface area contributed by atoms with Crippen molar-refractivity contribution in [3.05, 3.63) is 55.4 Å². The Labute approximate surface area is 194 Å².